The standard InChI is InChI=1S/C31H41N5O3/c1-30(2,3)17-19-39-20-18-32-26(37)15-16-27(38)35-21-22-11-7-8-12-23(22)29-28(24-13-9-10-14-25(24)35)33-34-36(29)31(4,5)6/h7-14H,15-21H2,1-6H3,(H,32,37). The third-order valence-electron chi connectivity index (χ3n) is 6.79. The number of aromatic nitrogens is 3. The minimum atomic E-state index is -0.275. The number of carbonyl (C=O) groups excluding carboxylic acids is 2. The summed E-state index contributed by atoms with van der Waals surface area (Å²) < 4.78 is 7.59. The molecule has 1 N–H and O–H groups in total. The second-order valence-electron chi connectivity index (χ2n) is 12.3. The van der Waals surface area contributed by atoms with Gasteiger partial charge >= 0.3 is 0 Å². The fraction of sp³-hybridized carbons (Fsp3) is 0.484. The molecule has 39 heavy (non-hydrogen) atoms. The van der Waals surface area contributed by atoms with Gasteiger partial charge in [-0.1, -0.05) is 68.4 Å². The maximum atomic E-state index is 13.6. The molecule has 0 radical (unpaired) electrons. The number of amides is 2. The molecule has 0 saturated heterocycles. The second kappa shape index (κ2) is 11.7. The van der Waals surface area contributed by atoms with E-state index in [1.165, 1.54) is 0 Å². The molecular weight excluding hydrogens is 490 g/mol. The first-order valence-corrected chi connectivity index (χ1v) is 13.7. The minimum Gasteiger partial charge on any atom is -0.380 e. The van der Waals surface area contributed by atoms with Crippen molar-refractivity contribution >= 4 is 17.5 Å². The Morgan fingerprint density at radius 1 is 0.923 bits per heavy atom. The third-order valence-corrected chi connectivity index (χ3v) is 6.79. The molecule has 208 valence electrons. The molecule has 0 saturated carbocycles. The number of nitrogens with one attached hydrogen (secondary N) is 1. The summed E-state index contributed by atoms with van der Waals surface area (Å²) in [5.41, 5.74) is 5.27. The Balaban J connectivity index is 1.51. The van der Waals surface area contributed by atoms with Crippen LogP contribution in [-0.4, -0.2) is 46.6 Å². The van der Waals surface area contributed by atoms with Crippen LogP contribution in [0.2, 0.25) is 0 Å². The van der Waals surface area contributed by atoms with Crippen LogP contribution in [0.1, 0.15) is 66.4 Å². The number of carbonyl (C=O) groups is 2. The van der Waals surface area contributed by atoms with E-state index in [2.05, 4.69) is 63.2 Å². The zero-order chi connectivity index (χ0) is 28.2. The third kappa shape index (κ3) is 6.92. The van der Waals surface area contributed by atoms with Gasteiger partial charge in [-0.2, -0.15) is 0 Å². The highest BCUT2D eigenvalue weighted by Gasteiger charge is 2.31. The topological polar surface area (TPSA) is 89.3 Å². The SMILES string of the molecule is CC(C)(C)CCOCCNC(=O)CCC(=O)N1Cc2ccccc2-c2c(nnn2C(C)(C)C)-c2ccccc21. The van der Waals surface area contributed by atoms with Gasteiger partial charge in [-0.25, -0.2) is 4.68 Å². The molecule has 4 rings (SSSR count). The largest absolute Gasteiger partial charge is 0.380 e. The Morgan fingerprint density at radius 3 is 2.33 bits per heavy atom. The van der Waals surface area contributed by atoms with E-state index in [1.807, 2.05) is 47.1 Å². The zero-order valence-corrected chi connectivity index (χ0v) is 24.1. The number of rotatable bonds is 8. The van der Waals surface area contributed by atoms with Gasteiger partial charge in [-0.15, -0.1) is 5.10 Å². The first-order valence-electron chi connectivity index (χ1n) is 13.7. The maximum Gasteiger partial charge on any atom is 0.227 e. The van der Waals surface area contributed by atoms with Crippen LogP contribution in [0.3, 0.4) is 0 Å². The van der Waals surface area contributed by atoms with Crippen molar-refractivity contribution in [3.8, 4) is 22.5 Å². The summed E-state index contributed by atoms with van der Waals surface area (Å²) in [6, 6.07) is 15.9. The number of hydrogen-bond acceptors (Lipinski definition) is 5. The zero-order valence-electron chi connectivity index (χ0n) is 24.1. The highest BCUT2D eigenvalue weighted by atomic mass is 16.5. The number of hydrogen-bond donors (Lipinski definition) is 1. The molecule has 0 atom stereocenters. The summed E-state index contributed by atoms with van der Waals surface area (Å²) in [6.07, 6.45) is 1.19. The van der Waals surface area contributed by atoms with Crippen LogP contribution in [-0.2, 0) is 26.4 Å². The first-order chi connectivity index (χ1) is 18.5. The van der Waals surface area contributed by atoms with Crippen LogP contribution < -0.4 is 10.2 Å². The van der Waals surface area contributed by atoms with Crippen LogP contribution in [0, 0.1) is 5.41 Å². The summed E-state index contributed by atoms with van der Waals surface area (Å²) in [5.74, 6) is -0.264. The van der Waals surface area contributed by atoms with E-state index in [0.29, 0.717) is 26.3 Å². The number of benzene rings is 2. The van der Waals surface area contributed by atoms with Crippen molar-refractivity contribution in [3.63, 3.8) is 0 Å². The van der Waals surface area contributed by atoms with E-state index >= 15 is 0 Å². The summed E-state index contributed by atoms with van der Waals surface area (Å²) in [7, 11) is 0. The molecule has 3 aromatic rings. The van der Waals surface area contributed by atoms with E-state index in [-0.39, 0.29) is 35.6 Å². The number of ether oxygens (including phenoxy) is 1. The van der Waals surface area contributed by atoms with Crippen molar-refractivity contribution in [2.45, 2.75) is 72.9 Å². The monoisotopic (exact) mass is 531 g/mol. The molecule has 2 heterocycles. The fourth-order valence-corrected chi connectivity index (χ4v) is 4.64. The molecule has 1 aliphatic rings. The molecule has 2 aromatic carbocycles. The molecule has 0 unspecified atom stereocenters. The van der Waals surface area contributed by atoms with Gasteiger partial charge < -0.3 is 15.0 Å². The smallest absolute Gasteiger partial charge is 0.227 e. The van der Waals surface area contributed by atoms with Gasteiger partial charge in [0.25, 0.3) is 0 Å². The lowest BCUT2D eigenvalue weighted by Gasteiger charge is -2.30. The Bertz CT molecular complexity index is 1320. The van der Waals surface area contributed by atoms with Crippen LogP contribution >= 0.6 is 0 Å². The maximum absolute atomic E-state index is 13.6. The lowest BCUT2D eigenvalue weighted by Crippen LogP contribution is -2.34. The van der Waals surface area contributed by atoms with Gasteiger partial charge in [0.05, 0.1) is 30.1 Å². The summed E-state index contributed by atoms with van der Waals surface area (Å²) >= 11 is 0. The fourth-order valence-electron chi connectivity index (χ4n) is 4.64. The molecule has 8 heteroatoms. The van der Waals surface area contributed by atoms with Gasteiger partial charge in [0.1, 0.15) is 5.69 Å². The summed E-state index contributed by atoms with van der Waals surface area (Å²) in [4.78, 5) is 27.9. The molecule has 2 amide bonds. The van der Waals surface area contributed by atoms with Gasteiger partial charge in [0.15, 0.2) is 0 Å². The van der Waals surface area contributed by atoms with E-state index in [4.69, 9.17) is 4.74 Å². The highest BCUT2D eigenvalue weighted by Crippen LogP contribution is 2.42. The quantitative estimate of drug-likeness (QED) is 0.384. The number of para-hydroxylation sites is 1. The second-order valence-corrected chi connectivity index (χ2v) is 12.3. The Kier molecular flexibility index (Phi) is 8.54. The van der Waals surface area contributed by atoms with Crippen LogP contribution in [0.5, 0.6) is 0 Å². The average molecular weight is 532 g/mol. The van der Waals surface area contributed by atoms with Crippen LogP contribution in [0.25, 0.3) is 22.5 Å². The van der Waals surface area contributed by atoms with Crippen molar-refractivity contribution in [2.24, 2.45) is 5.41 Å². The van der Waals surface area contributed by atoms with Crippen molar-refractivity contribution < 1.29 is 14.3 Å². The Hall–Kier alpha value is -3.52. The average Bonchev–Trinajstić information content (AvgIpc) is 3.32. The Labute approximate surface area is 231 Å². The van der Waals surface area contributed by atoms with E-state index < -0.39 is 0 Å². The molecule has 1 aromatic heterocycles. The Morgan fingerprint density at radius 2 is 1.62 bits per heavy atom. The molecule has 1 aliphatic heterocycles. The molecule has 0 bridgehead atoms. The normalized spacial score (nSPS) is 13.1. The van der Waals surface area contributed by atoms with E-state index in [0.717, 1.165) is 40.2 Å². The molecule has 0 fully saturated rings. The predicted molar refractivity (Wildman–Crippen MR) is 154 cm³/mol. The van der Waals surface area contributed by atoms with Crippen LogP contribution in [0.4, 0.5) is 5.69 Å². The van der Waals surface area contributed by atoms with Gasteiger partial charge in [0.2, 0.25) is 11.8 Å². The lowest BCUT2D eigenvalue weighted by molar-refractivity contribution is -0.125. The molecule has 0 aliphatic carbocycles. The van der Waals surface area contributed by atoms with Crippen molar-refractivity contribution in [1.29, 1.82) is 0 Å². The van der Waals surface area contributed by atoms with E-state index in [1.54, 1.807) is 4.90 Å². The summed E-state index contributed by atoms with van der Waals surface area (Å²) in [6.45, 7) is 14.8. The first kappa shape index (κ1) is 28.5. The van der Waals surface area contributed by atoms with Crippen molar-refractivity contribution in [2.75, 3.05) is 24.7 Å². The summed E-state index contributed by atoms with van der Waals surface area (Å²) in [5, 5.41) is 12.0. The van der Waals surface area contributed by atoms with Crippen molar-refractivity contribution in [3.05, 3.63) is 54.1 Å². The number of anilines is 1. The molecule has 8 nitrogen and oxygen atoms in total. The van der Waals surface area contributed by atoms with E-state index in [9.17, 15) is 9.59 Å². The number of nitrogens with zero attached hydrogens (tertiary/aromatic N) is 4. The predicted octanol–water partition coefficient (Wildman–Crippen LogP) is 5.56. The van der Waals surface area contributed by atoms with Gasteiger partial charge in [-0.3, -0.25) is 9.59 Å². The van der Waals surface area contributed by atoms with Gasteiger partial charge in [-0.05, 0) is 44.2 Å². The minimum absolute atomic E-state index is 0.106. The molecular formula is C31H41N5O3. The lowest BCUT2D eigenvalue weighted by atomic mass is 9.93. The van der Waals surface area contributed by atoms with Crippen molar-refractivity contribution in [1.82, 2.24) is 20.3 Å². The molecule has 0 spiro atoms. The van der Waals surface area contributed by atoms with Crippen LogP contribution in [0.15, 0.2) is 48.5 Å². The van der Waals surface area contributed by atoms with Gasteiger partial charge in [0, 0.05) is 37.1 Å². The number of fused-ring (bicyclic) bond motifs is 5. The highest BCUT2D eigenvalue weighted by molar-refractivity contribution is 6.01.